The number of aliphatic hydroxyl groups excluding tert-OH is 1. The first-order chi connectivity index (χ1) is 9.78. The van der Waals surface area contributed by atoms with E-state index in [0.29, 0.717) is 17.9 Å². The molecule has 0 aliphatic carbocycles. The molecule has 6 nitrogen and oxygen atoms in total. The fourth-order valence-corrected chi connectivity index (χ4v) is 1.51. The van der Waals surface area contributed by atoms with Crippen molar-refractivity contribution in [2.75, 3.05) is 11.9 Å². The van der Waals surface area contributed by atoms with E-state index >= 15 is 0 Å². The molecule has 20 heavy (non-hydrogen) atoms. The zero-order valence-corrected chi connectivity index (χ0v) is 10.8. The maximum Gasteiger partial charge on any atom is 0.247 e. The zero-order valence-electron chi connectivity index (χ0n) is 10.8. The zero-order chi connectivity index (χ0) is 14.2. The van der Waals surface area contributed by atoms with Gasteiger partial charge < -0.3 is 10.4 Å². The SMILES string of the molecule is O=C(Cn1cccn1)Nc1cccc(C#CCCO)n1. The fraction of sp³-hybridized carbons (Fsp3) is 0.214. The average molecular weight is 270 g/mol. The lowest BCUT2D eigenvalue weighted by Crippen LogP contribution is -2.19. The topological polar surface area (TPSA) is 80.0 Å². The van der Waals surface area contributed by atoms with Crippen LogP contribution < -0.4 is 5.32 Å². The van der Waals surface area contributed by atoms with Crippen LogP contribution in [0.3, 0.4) is 0 Å². The van der Waals surface area contributed by atoms with E-state index in [-0.39, 0.29) is 19.1 Å². The number of anilines is 1. The van der Waals surface area contributed by atoms with Gasteiger partial charge in [-0.25, -0.2) is 4.98 Å². The maximum absolute atomic E-state index is 11.8. The second-order valence-corrected chi connectivity index (χ2v) is 3.94. The molecule has 2 aromatic heterocycles. The Morgan fingerprint density at radius 2 is 2.30 bits per heavy atom. The average Bonchev–Trinajstić information content (AvgIpc) is 2.92. The van der Waals surface area contributed by atoms with Crippen molar-refractivity contribution in [3.63, 3.8) is 0 Å². The van der Waals surface area contributed by atoms with Crippen LogP contribution in [-0.2, 0) is 11.3 Å². The fourth-order valence-electron chi connectivity index (χ4n) is 1.51. The normalized spacial score (nSPS) is 9.65. The van der Waals surface area contributed by atoms with Gasteiger partial charge in [-0.15, -0.1) is 0 Å². The lowest BCUT2D eigenvalue weighted by molar-refractivity contribution is -0.116. The number of amides is 1. The molecule has 0 saturated carbocycles. The molecule has 2 rings (SSSR count). The first-order valence-corrected chi connectivity index (χ1v) is 6.12. The van der Waals surface area contributed by atoms with Crippen LogP contribution in [0, 0.1) is 11.8 Å². The summed E-state index contributed by atoms with van der Waals surface area (Å²) in [6.07, 6.45) is 3.73. The van der Waals surface area contributed by atoms with Crippen molar-refractivity contribution in [3.05, 3.63) is 42.4 Å². The van der Waals surface area contributed by atoms with Gasteiger partial charge in [-0.3, -0.25) is 9.48 Å². The molecule has 0 bridgehead atoms. The lowest BCUT2D eigenvalue weighted by atomic mass is 10.3. The molecular formula is C14H14N4O2. The van der Waals surface area contributed by atoms with Crippen LogP contribution in [0.25, 0.3) is 0 Å². The van der Waals surface area contributed by atoms with Crippen molar-refractivity contribution in [3.8, 4) is 11.8 Å². The third-order valence-corrected chi connectivity index (χ3v) is 2.33. The number of rotatable bonds is 4. The summed E-state index contributed by atoms with van der Waals surface area (Å²) in [7, 11) is 0. The number of hydrogen-bond acceptors (Lipinski definition) is 4. The quantitative estimate of drug-likeness (QED) is 0.799. The van der Waals surface area contributed by atoms with E-state index in [0.717, 1.165) is 0 Å². The molecule has 0 saturated heterocycles. The summed E-state index contributed by atoms with van der Waals surface area (Å²) in [5.41, 5.74) is 0.551. The van der Waals surface area contributed by atoms with Crippen LogP contribution in [0.5, 0.6) is 0 Å². The van der Waals surface area contributed by atoms with Gasteiger partial charge in [0.1, 0.15) is 18.1 Å². The van der Waals surface area contributed by atoms with Crippen LogP contribution in [0.4, 0.5) is 5.82 Å². The van der Waals surface area contributed by atoms with Crippen LogP contribution in [-0.4, -0.2) is 32.4 Å². The second kappa shape index (κ2) is 7.07. The molecule has 0 unspecified atom stereocenters. The van der Waals surface area contributed by atoms with E-state index in [9.17, 15) is 4.79 Å². The van der Waals surface area contributed by atoms with Gasteiger partial charge >= 0.3 is 0 Å². The lowest BCUT2D eigenvalue weighted by Gasteiger charge is -2.04. The molecular weight excluding hydrogens is 256 g/mol. The summed E-state index contributed by atoms with van der Waals surface area (Å²) in [5, 5.41) is 15.3. The first kappa shape index (κ1) is 13.8. The van der Waals surface area contributed by atoms with Crippen LogP contribution in [0.15, 0.2) is 36.7 Å². The van der Waals surface area contributed by atoms with Gasteiger partial charge in [0.25, 0.3) is 0 Å². The second-order valence-electron chi connectivity index (χ2n) is 3.94. The van der Waals surface area contributed by atoms with E-state index in [1.807, 2.05) is 0 Å². The molecule has 0 aliphatic rings. The van der Waals surface area contributed by atoms with Crippen molar-refractivity contribution < 1.29 is 9.90 Å². The van der Waals surface area contributed by atoms with E-state index < -0.39 is 0 Å². The molecule has 0 aromatic carbocycles. The Kier molecular flexibility index (Phi) is 4.87. The first-order valence-electron chi connectivity index (χ1n) is 6.12. The molecule has 0 atom stereocenters. The minimum absolute atomic E-state index is 0.0211. The number of carbonyl (C=O) groups excluding carboxylic acids is 1. The highest BCUT2D eigenvalue weighted by molar-refractivity contribution is 5.89. The Balaban J connectivity index is 1.97. The van der Waals surface area contributed by atoms with E-state index in [2.05, 4.69) is 27.2 Å². The van der Waals surface area contributed by atoms with Crippen molar-refractivity contribution in [2.24, 2.45) is 0 Å². The van der Waals surface area contributed by atoms with Gasteiger partial charge in [0, 0.05) is 18.8 Å². The highest BCUT2D eigenvalue weighted by Gasteiger charge is 2.04. The van der Waals surface area contributed by atoms with E-state index in [4.69, 9.17) is 5.11 Å². The van der Waals surface area contributed by atoms with Crippen LogP contribution >= 0.6 is 0 Å². The minimum atomic E-state index is -0.207. The van der Waals surface area contributed by atoms with Gasteiger partial charge in [0.2, 0.25) is 5.91 Å². The highest BCUT2D eigenvalue weighted by Crippen LogP contribution is 2.04. The third kappa shape index (κ3) is 4.23. The monoisotopic (exact) mass is 270 g/mol. The molecule has 2 N–H and O–H groups in total. The van der Waals surface area contributed by atoms with Gasteiger partial charge in [-0.05, 0) is 24.1 Å². The van der Waals surface area contributed by atoms with Gasteiger partial charge in [0.05, 0.1) is 6.61 Å². The molecule has 0 fully saturated rings. The van der Waals surface area contributed by atoms with Crippen LogP contribution in [0.2, 0.25) is 0 Å². The number of nitrogens with zero attached hydrogens (tertiary/aromatic N) is 3. The summed E-state index contributed by atoms with van der Waals surface area (Å²) in [6, 6.07) is 6.95. The van der Waals surface area contributed by atoms with Gasteiger partial charge in [0.15, 0.2) is 0 Å². The number of hydrogen-bond donors (Lipinski definition) is 2. The van der Waals surface area contributed by atoms with Crippen LogP contribution in [0.1, 0.15) is 12.1 Å². The predicted octanol–water partition coefficient (Wildman–Crippen LogP) is 0.651. The molecule has 1 amide bonds. The third-order valence-electron chi connectivity index (χ3n) is 2.33. The number of nitrogens with one attached hydrogen (secondary N) is 1. The molecule has 0 spiro atoms. The van der Waals surface area contributed by atoms with Crippen molar-refractivity contribution >= 4 is 11.7 Å². The molecule has 6 heteroatoms. The van der Waals surface area contributed by atoms with Gasteiger partial charge in [-0.1, -0.05) is 12.0 Å². The summed E-state index contributed by atoms with van der Waals surface area (Å²) in [4.78, 5) is 16.0. The highest BCUT2D eigenvalue weighted by atomic mass is 16.2. The molecule has 0 radical (unpaired) electrons. The Hall–Kier alpha value is -2.65. The molecule has 2 aromatic rings. The van der Waals surface area contributed by atoms with E-state index in [1.54, 1.807) is 36.7 Å². The summed E-state index contributed by atoms with van der Waals surface area (Å²) in [6.45, 7) is 0.155. The molecule has 102 valence electrons. The smallest absolute Gasteiger partial charge is 0.247 e. The van der Waals surface area contributed by atoms with Crippen molar-refractivity contribution in [2.45, 2.75) is 13.0 Å². The van der Waals surface area contributed by atoms with Gasteiger partial charge in [-0.2, -0.15) is 5.10 Å². The number of aromatic nitrogens is 3. The van der Waals surface area contributed by atoms with Crippen molar-refractivity contribution in [1.29, 1.82) is 0 Å². The standard InChI is InChI=1S/C14H14N4O2/c19-10-2-1-5-12-6-3-7-13(16-12)17-14(20)11-18-9-4-8-15-18/h3-4,6-9,19H,2,10-11H2,(H,16,17,20). The Morgan fingerprint density at radius 3 is 3.05 bits per heavy atom. The van der Waals surface area contributed by atoms with E-state index in [1.165, 1.54) is 4.68 Å². The molecule has 2 heterocycles. The minimum Gasteiger partial charge on any atom is -0.395 e. The Bertz CT molecular complexity index is 626. The maximum atomic E-state index is 11.8. The Morgan fingerprint density at radius 1 is 1.40 bits per heavy atom. The summed E-state index contributed by atoms with van der Waals surface area (Å²) in [5.74, 6) is 5.83. The number of carbonyl (C=O) groups is 1. The summed E-state index contributed by atoms with van der Waals surface area (Å²) >= 11 is 0. The predicted molar refractivity (Wildman–Crippen MR) is 73.7 cm³/mol. The number of pyridine rings is 1. The van der Waals surface area contributed by atoms with Crippen molar-refractivity contribution in [1.82, 2.24) is 14.8 Å². The largest absolute Gasteiger partial charge is 0.395 e. The number of aliphatic hydroxyl groups is 1. The Labute approximate surface area is 116 Å². The summed E-state index contributed by atoms with van der Waals surface area (Å²) < 4.78 is 1.53. The molecule has 0 aliphatic heterocycles.